The van der Waals surface area contributed by atoms with Crippen LogP contribution in [0.15, 0.2) is 10.4 Å². The van der Waals surface area contributed by atoms with E-state index in [1.54, 1.807) is 11.7 Å². The number of nitrogens with two attached hydrogens (primary N) is 1. The summed E-state index contributed by atoms with van der Waals surface area (Å²) in [5.41, 5.74) is 5.48. The number of nitrogen functional groups attached to an aromatic ring is 1. The van der Waals surface area contributed by atoms with Crippen LogP contribution in [0.25, 0.3) is 0 Å². The van der Waals surface area contributed by atoms with Gasteiger partial charge in [-0.25, -0.2) is 4.98 Å². The lowest BCUT2D eigenvalue weighted by Gasteiger charge is -1.95. The number of aliphatic imine (C=N–C) groups is 1. The summed E-state index contributed by atoms with van der Waals surface area (Å²) in [6.45, 7) is 3.09. The Morgan fingerprint density at radius 3 is 2.76 bits per heavy atom. The largest absolute Gasteiger partial charge is 0.383 e. The standard InChI is InChI=1S/C10H18N4S.2ClH/c1-2-3-4-5-6-12-8-13-10-14-9(11)7-15-10;;/h7-8H,2-6,11H2,1H3,(H,12,13,14);2*1H. The second kappa shape index (κ2) is 12.0. The third-order valence-electron chi connectivity index (χ3n) is 1.94. The summed E-state index contributed by atoms with van der Waals surface area (Å²) in [7, 11) is 0. The SMILES string of the molecule is CCCCCCN=CNc1nc(N)cs1.Cl.Cl. The smallest absolute Gasteiger partial charge is 0.189 e. The fourth-order valence-electron chi connectivity index (χ4n) is 1.15. The molecule has 4 nitrogen and oxygen atoms in total. The minimum absolute atomic E-state index is 0. The molecule has 0 saturated carbocycles. The molecule has 3 N–H and O–H groups in total. The normalized spacial score (nSPS) is 9.71. The molecule has 0 aliphatic carbocycles. The molecule has 0 aliphatic rings. The van der Waals surface area contributed by atoms with E-state index in [0.717, 1.165) is 18.1 Å². The molecular weight excluding hydrogens is 279 g/mol. The molecule has 0 aliphatic heterocycles. The van der Waals surface area contributed by atoms with E-state index in [-0.39, 0.29) is 24.8 Å². The molecule has 0 saturated heterocycles. The first-order valence-corrected chi connectivity index (χ1v) is 6.16. The molecule has 0 fully saturated rings. The molecule has 0 radical (unpaired) electrons. The second-order valence-corrected chi connectivity index (χ2v) is 4.18. The Labute approximate surface area is 119 Å². The molecule has 0 spiro atoms. The zero-order valence-corrected chi connectivity index (χ0v) is 12.3. The summed E-state index contributed by atoms with van der Waals surface area (Å²) in [6.07, 6.45) is 6.68. The molecule has 100 valence electrons. The number of hydrogen-bond donors (Lipinski definition) is 2. The minimum Gasteiger partial charge on any atom is -0.383 e. The average Bonchev–Trinajstić information content (AvgIpc) is 2.63. The molecule has 0 bridgehead atoms. The summed E-state index contributed by atoms with van der Waals surface area (Å²) in [5.74, 6) is 0.554. The number of hydrogen-bond acceptors (Lipinski definition) is 4. The lowest BCUT2D eigenvalue weighted by molar-refractivity contribution is 0.676. The lowest BCUT2D eigenvalue weighted by atomic mass is 10.2. The van der Waals surface area contributed by atoms with Crippen molar-refractivity contribution < 1.29 is 0 Å². The van der Waals surface area contributed by atoms with Crippen molar-refractivity contribution in [2.24, 2.45) is 4.99 Å². The zero-order chi connectivity index (χ0) is 10.9. The van der Waals surface area contributed by atoms with Crippen molar-refractivity contribution in [3.8, 4) is 0 Å². The van der Waals surface area contributed by atoms with E-state index in [1.165, 1.54) is 30.6 Å². The highest BCUT2D eigenvalue weighted by Gasteiger charge is 1.93. The van der Waals surface area contributed by atoms with E-state index in [1.807, 2.05) is 0 Å². The van der Waals surface area contributed by atoms with Crippen LogP contribution in [0, 0.1) is 0 Å². The van der Waals surface area contributed by atoms with Crippen molar-refractivity contribution in [2.75, 3.05) is 17.6 Å². The van der Waals surface area contributed by atoms with Crippen LogP contribution in [0.4, 0.5) is 10.9 Å². The van der Waals surface area contributed by atoms with E-state index >= 15 is 0 Å². The molecule has 7 heteroatoms. The van der Waals surface area contributed by atoms with Crippen LogP contribution in [0.1, 0.15) is 32.6 Å². The Morgan fingerprint density at radius 2 is 2.18 bits per heavy atom. The van der Waals surface area contributed by atoms with Gasteiger partial charge in [-0.15, -0.1) is 36.2 Å². The summed E-state index contributed by atoms with van der Waals surface area (Å²) in [5, 5.41) is 5.59. The quantitative estimate of drug-likeness (QED) is 0.459. The van der Waals surface area contributed by atoms with Crippen LogP contribution < -0.4 is 11.1 Å². The number of thiazole rings is 1. The van der Waals surface area contributed by atoms with Crippen molar-refractivity contribution in [1.82, 2.24) is 4.98 Å². The fourth-order valence-corrected chi connectivity index (χ4v) is 1.71. The number of nitrogens with one attached hydrogen (secondary N) is 1. The van der Waals surface area contributed by atoms with Crippen molar-refractivity contribution >= 4 is 53.4 Å². The van der Waals surface area contributed by atoms with E-state index < -0.39 is 0 Å². The predicted octanol–water partition coefficient (Wildman–Crippen LogP) is 3.59. The predicted molar refractivity (Wildman–Crippen MR) is 82.1 cm³/mol. The number of aromatic nitrogens is 1. The Hall–Kier alpha value is -0.520. The van der Waals surface area contributed by atoms with Gasteiger partial charge in [-0.05, 0) is 6.42 Å². The molecule has 0 atom stereocenters. The lowest BCUT2D eigenvalue weighted by Crippen LogP contribution is -1.96. The number of nitrogens with zero attached hydrogens (tertiary/aromatic N) is 2. The summed E-state index contributed by atoms with van der Waals surface area (Å²) in [4.78, 5) is 8.29. The third-order valence-corrected chi connectivity index (χ3v) is 2.73. The van der Waals surface area contributed by atoms with Crippen LogP contribution in [0.3, 0.4) is 0 Å². The summed E-state index contributed by atoms with van der Waals surface area (Å²) in [6, 6.07) is 0. The van der Waals surface area contributed by atoms with E-state index in [9.17, 15) is 0 Å². The van der Waals surface area contributed by atoms with Gasteiger partial charge in [0.1, 0.15) is 5.82 Å². The second-order valence-electron chi connectivity index (χ2n) is 3.32. The fraction of sp³-hybridized carbons (Fsp3) is 0.600. The van der Waals surface area contributed by atoms with Crippen molar-refractivity contribution in [3.05, 3.63) is 5.38 Å². The summed E-state index contributed by atoms with van der Waals surface area (Å²) < 4.78 is 0. The first-order valence-electron chi connectivity index (χ1n) is 5.28. The van der Waals surface area contributed by atoms with Crippen molar-refractivity contribution in [1.29, 1.82) is 0 Å². The zero-order valence-electron chi connectivity index (χ0n) is 9.89. The number of rotatable bonds is 7. The van der Waals surface area contributed by atoms with E-state index in [0.29, 0.717) is 5.82 Å². The van der Waals surface area contributed by atoms with Gasteiger partial charge in [-0.1, -0.05) is 26.2 Å². The Bertz CT molecular complexity index is 304. The number of anilines is 2. The molecular formula is C10H20Cl2N4S. The van der Waals surface area contributed by atoms with Crippen LogP contribution >= 0.6 is 36.2 Å². The van der Waals surface area contributed by atoms with Gasteiger partial charge in [0.05, 0.1) is 6.34 Å². The van der Waals surface area contributed by atoms with Gasteiger partial charge in [0.25, 0.3) is 0 Å². The minimum atomic E-state index is 0. The maximum atomic E-state index is 5.48. The summed E-state index contributed by atoms with van der Waals surface area (Å²) >= 11 is 1.48. The van der Waals surface area contributed by atoms with Gasteiger partial charge >= 0.3 is 0 Å². The van der Waals surface area contributed by atoms with Crippen LogP contribution in [0.5, 0.6) is 0 Å². The van der Waals surface area contributed by atoms with Crippen LogP contribution in [-0.4, -0.2) is 17.9 Å². The maximum absolute atomic E-state index is 5.48. The maximum Gasteiger partial charge on any atom is 0.189 e. The molecule has 1 rings (SSSR count). The van der Waals surface area contributed by atoms with Gasteiger partial charge in [0.2, 0.25) is 0 Å². The Morgan fingerprint density at radius 1 is 1.41 bits per heavy atom. The molecule has 1 aromatic rings. The molecule has 0 amide bonds. The van der Waals surface area contributed by atoms with Crippen LogP contribution in [0.2, 0.25) is 0 Å². The van der Waals surface area contributed by atoms with E-state index in [2.05, 4.69) is 22.2 Å². The monoisotopic (exact) mass is 298 g/mol. The third kappa shape index (κ3) is 9.21. The number of halogens is 2. The highest BCUT2D eigenvalue weighted by molar-refractivity contribution is 7.14. The molecule has 0 aromatic carbocycles. The van der Waals surface area contributed by atoms with Crippen LogP contribution in [-0.2, 0) is 0 Å². The Balaban J connectivity index is 0. The van der Waals surface area contributed by atoms with Gasteiger partial charge in [0.15, 0.2) is 5.13 Å². The molecule has 1 aromatic heterocycles. The van der Waals surface area contributed by atoms with Gasteiger partial charge < -0.3 is 11.1 Å². The number of unbranched alkanes of at least 4 members (excludes halogenated alkanes) is 3. The van der Waals surface area contributed by atoms with Gasteiger partial charge in [-0.3, -0.25) is 4.99 Å². The Kier molecular flexibility index (Phi) is 13.2. The highest BCUT2D eigenvalue weighted by Crippen LogP contribution is 2.15. The molecule has 17 heavy (non-hydrogen) atoms. The average molecular weight is 299 g/mol. The van der Waals surface area contributed by atoms with Crippen molar-refractivity contribution in [2.45, 2.75) is 32.6 Å². The van der Waals surface area contributed by atoms with E-state index in [4.69, 9.17) is 5.73 Å². The topological polar surface area (TPSA) is 63.3 Å². The first kappa shape index (κ1) is 18.8. The molecule has 0 unspecified atom stereocenters. The highest BCUT2D eigenvalue weighted by atomic mass is 35.5. The molecule has 1 heterocycles. The van der Waals surface area contributed by atoms with Gasteiger partial charge in [0, 0.05) is 11.9 Å². The van der Waals surface area contributed by atoms with Crippen molar-refractivity contribution in [3.63, 3.8) is 0 Å². The first-order chi connectivity index (χ1) is 7.33. The van der Waals surface area contributed by atoms with Gasteiger partial charge in [-0.2, -0.15) is 0 Å².